The molecule has 1 heterocycles. The second-order valence-electron chi connectivity index (χ2n) is 3.74. The first-order valence-electron chi connectivity index (χ1n) is 5.28. The van der Waals surface area contributed by atoms with Crippen molar-refractivity contribution in [3.63, 3.8) is 0 Å². The van der Waals surface area contributed by atoms with Crippen molar-refractivity contribution in [3.05, 3.63) is 0 Å². The average molecular weight is 205 g/mol. The molecule has 1 fully saturated rings. The third kappa shape index (κ3) is 4.80. The van der Waals surface area contributed by atoms with Crippen molar-refractivity contribution in [1.82, 2.24) is 4.67 Å². The summed E-state index contributed by atoms with van der Waals surface area (Å²) in [5.74, 6) is 0. The topological polar surface area (TPSA) is 40.5 Å². The van der Waals surface area contributed by atoms with E-state index in [1.165, 1.54) is 32.1 Å². The van der Waals surface area contributed by atoms with E-state index in [0.717, 1.165) is 25.9 Å². The minimum absolute atomic E-state index is 0.814. The Labute approximate surface area is 81.1 Å². The molecule has 3 nitrogen and oxygen atoms in total. The van der Waals surface area contributed by atoms with E-state index in [-0.39, 0.29) is 0 Å². The summed E-state index contributed by atoms with van der Waals surface area (Å²) in [7, 11) is -2.42. The zero-order valence-corrected chi connectivity index (χ0v) is 9.17. The van der Waals surface area contributed by atoms with Crippen molar-refractivity contribution < 1.29 is 9.46 Å². The lowest BCUT2D eigenvalue weighted by atomic mass is 10.1. The van der Waals surface area contributed by atoms with Crippen molar-refractivity contribution in [1.29, 1.82) is 0 Å². The van der Waals surface area contributed by atoms with E-state index in [9.17, 15) is 4.57 Å². The monoisotopic (exact) mass is 205 g/mol. The highest BCUT2D eigenvalue weighted by atomic mass is 31.1. The SMILES string of the molecule is O=[PH](O)N1CCCCCCCCC1. The summed E-state index contributed by atoms with van der Waals surface area (Å²) in [6.45, 7) is 1.63. The van der Waals surface area contributed by atoms with Crippen molar-refractivity contribution in [2.45, 2.75) is 44.9 Å². The van der Waals surface area contributed by atoms with E-state index in [2.05, 4.69) is 0 Å². The summed E-state index contributed by atoms with van der Waals surface area (Å²) >= 11 is 0. The highest BCUT2D eigenvalue weighted by molar-refractivity contribution is 7.35. The molecule has 13 heavy (non-hydrogen) atoms. The Balaban J connectivity index is 2.30. The second-order valence-corrected chi connectivity index (χ2v) is 4.94. The van der Waals surface area contributed by atoms with Gasteiger partial charge in [-0.1, -0.05) is 32.1 Å². The zero-order chi connectivity index (χ0) is 9.52. The molecule has 0 aromatic rings. The highest BCUT2D eigenvalue weighted by Gasteiger charge is 2.09. The Morgan fingerprint density at radius 3 is 1.62 bits per heavy atom. The molecule has 0 aromatic heterocycles. The Bertz CT molecular complexity index is 154. The Morgan fingerprint density at radius 1 is 0.846 bits per heavy atom. The van der Waals surface area contributed by atoms with Crippen molar-refractivity contribution in [2.24, 2.45) is 0 Å². The van der Waals surface area contributed by atoms with Gasteiger partial charge in [-0.25, -0.2) is 4.67 Å². The maximum Gasteiger partial charge on any atom is 0.258 e. The van der Waals surface area contributed by atoms with Crippen LogP contribution in [0, 0.1) is 0 Å². The first-order valence-corrected chi connectivity index (χ1v) is 6.59. The normalized spacial score (nSPS) is 25.3. The molecule has 0 radical (unpaired) electrons. The second kappa shape index (κ2) is 6.58. The van der Waals surface area contributed by atoms with E-state index in [1.54, 1.807) is 4.67 Å². The molecule has 1 rings (SSSR count). The van der Waals surface area contributed by atoms with E-state index in [4.69, 9.17) is 4.89 Å². The van der Waals surface area contributed by atoms with Gasteiger partial charge in [0.25, 0.3) is 8.18 Å². The first kappa shape index (κ1) is 11.2. The van der Waals surface area contributed by atoms with Crippen LogP contribution in [0.4, 0.5) is 0 Å². The fraction of sp³-hybridized carbons (Fsp3) is 1.00. The molecule has 1 saturated heterocycles. The van der Waals surface area contributed by atoms with E-state index in [1.807, 2.05) is 0 Å². The maximum atomic E-state index is 10.9. The largest absolute Gasteiger partial charge is 0.335 e. The van der Waals surface area contributed by atoms with Crippen LogP contribution in [0.25, 0.3) is 0 Å². The van der Waals surface area contributed by atoms with Gasteiger partial charge in [-0.15, -0.1) is 0 Å². The van der Waals surface area contributed by atoms with Crippen LogP contribution in [-0.4, -0.2) is 22.7 Å². The molecular formula is C9H20NO2P. The van der Waals surface area contributed by atoms with Crippen molar-refractivity contribution >= 4 is 8.18 Å². The third-order valence-electron chi connectivity index (χ3n) is 2.63. The van der Waals surface area contributed by atoms with Crippen molar-refractivity contribution in [2.75, 3.05) is 13.1 Å². The smallest absolute Gasteiger partial charge is 0.258 e. The van der Waals surface area contributed by atoms with Gasteiger partial charge in [0.15, 0.2) is 0 Å². The lowest BCUT2D eigenvalue weighted by Gasteiger charge is -2.19. The molecule has 0 amide bonds. The Morgan fingerprint density at radius 2 is 1.23 bits per heavy atom. The van der Waals surface area contributed by atoms with Crippen LogP contribution in [0.1, 0.15) is 44.9 Å². The number of hydrogen-bond acceptors (Lipinski definition) is 1. The fourth-order valence-electron chi connectivity index (χ4n) is 1.79. The first-order chi connectivity index (χ1) is 6.30. The minimum Gasteiger partial charge on any atom is -0.335 e. The number of nitrogens with zero attached hydrogens (tertiary/aromatic N) is 1. The molecule has 0 bridgehead atoms. The molecule has 0 spiro atoms. The summed E-state index contributed by atoms with van der Waals surface area (Å²) in [5, 5.41) is 0. The number of rotatable bonds is 1. The third-order valence-corrected chi connectivity index (χ3v) is 3.61. The van der Waals surface area contributed by atoms with Crippen LogP contribution in [0.2, 0.25) is 0 Å². The molecule has 78 valence electrons. The van der Waals surface area contributed by atoms with Gasteiger partial charge in [0, 0.05) is 13.1 Å². The summed E-state index contributed by atoms with van der Waals surface area (Å²) in [4.78, 5) is 9.03. The molecule has 1 unspecified atom stereocenters. The van der Waals surface area contributed by atoms with Gasteiger partial charge in [-0.05, 0) is 12.8 Å². The van der Waals surface area contributed by atoms with Crippen LogP contribution in [-0.2, 0) is 4.57 Å². The standard InChI is InChI=1S/C9H20NO2P/c11-13(12)10-8-6-4-2-1-3-5-7-9-10/h13H,1-9H2,(H,11,12). The predicted octanol–water partition coefficient (Wildman–Crippen LogP) is 2.41. The van der Waals surface area contributed by atoms with Gasteiger partial charge in [0.2, 0.25) is 0 Å². The zero-order valence-electron chi connectivity index (χ0n) is 8.17. The number of hydrogen-bond donors (Lipinski definition) is 1. The molecule has 4 heteroatoms. The molecule has 0 aromatic carbocycles. The van der Waals surface area contributed by atoms with Crippen LogP contribution in [0.5, 0.6) is 0 Å². The molecule has 0 aliphatic carbocycles. The van der Waals surface area contributed by atoms with Gasteiger partial charge in [0.05, 0.1) is 0 Å². The van der Waals surface area contributed by atoms with Gasteiger partial charge >= 0.3 is 0 Å². The molecule has 1 aliphatic heterocycles. The molecule has 0 saturated carbocycles. The lowest BCUT2D eigenvalue weighted by molar-refractivity contribution is 0.343. The minimum atomic E-state index is -2.42. The van der Waals surface area contributed by atoms with Gasteiger partial charge in [-0.2, -0.15) is 0 Å². The van der Waals surface area contributed by atoms with Gasteiger partial charge in [0.1, 0.15) is 0 Å². The summed E-state index contributed by atoms with van der Waals surface area (Å²) < 4.78 is 12.7. The maximum absolute atomic E-state index is 10.9. The van der Waals surface area contributed by atoms with Crippen LogP contribution in [0.15, 0.2) is 0 Å². The van der Waals surface area contributed by atoms with Crippen LogP contribution >= 0.6 is 8.18 Å². The van der Waals surface area contributed by atoms with Crippen molar-refractivity contribution in [3.8, 4) is 0 Å². The quantitative estimate of drug-likeness (QED) is 0.668. The highest BCUT2D eigenvalue weighted by Crippen LogP contribution is 2.24. The van der Waals surface area contributed by atoms with E-state index >= 15 is 0 Å². The summed E-state index contributed by atoms with van der Waals surface area (Å²) in [5.41, 5.74) is 0. The molecule has 1 atom stereocenters. The van der Waals surface area contributed by atoms with Crippen LogP contribution < -0.4 is 0 Å². The van der Waals surface area contributed by atoms with Crippen LogP contribution in [0.3, 0.4) is 0 Å². The lowest BCUT2D eigenvalue weighted by Crippen LogP contribution is -2.18. The summed E-state index contributed by atoms with van der Waals surface area (Å²) in [6, 6.07) is 0. The Kier molecular flexibility index (Phi) is 5.68. The van der Waals surface area contributed by atoms with Gasteiger partial charge < -0.3 is 4.89 Å². The van der Waals surface area contributed by atoms with Gasteiger partial charge in [-0.3, -0.25) is 4.57 Å². The molecular weight excluding hydrogens is 185 g/mol. The van der Waals surface area contributed by atoms with E-state index < -0.39 is 8.18 Å². The fourth-order valence-corrected chi connectivity index (χ4v) is 2.49. The molecule has 1 N–H and O–H groups in total. The summed E-state index contributed by atoms with van der Waals surface area (Å²) in [6.07, 6.45) is 8.51. The average Bonchev–Trinajstić information content (AvgIpc) is 2.14. The Hall–Kier alpha value is 0.150. The molecule has 1 aliphatic rings. The van der Waals surface area contributed by atoms with E-state index in [0.29, 0.717) is 0 Å². The predicted molar refractivity (Wildman–Crippen MR) is 55.1 cm³/mol.